The zero-order valence-corrected chi connectivity index (χ0v) is 12.6. The molecule has 2 rings (SSSR count). The van der Waals surface area contributed by atoms with Crippen molar-refractivity contribution in [2.24, 2.45) is 5.73 Å². The molecule has 116 valence electrons. The van der Waals surface area contributed by atoms with E-state index in [1.165, 1.54) is 0 Å². The molecule has 0 aromatic heterocycles. The van der Waals surface area contributed by atoms with Crippen LogP contribution in [0.25, 0.3) is 0 Å². The molecule has 4 nitrogen and oxygen atoms in total. The average molecular weight is 298 g/mol. The fraction of sp³-hybridized carbons (Fsp3) is 0.278. The average Bonchev–Trinajstić information content (AvgIpc) is 2.58. The van der Waals surface area contributed by atoms with Crippen molar-refractivity contribution < 1.29 is 9.53 Å². The van der Waals surface area contributed by atoms with Crippen LogP contribution in [0.1, 0.15) is 24.4 Å². The van der Waals surface area contributed by atoms with Crippen molar-refractivity contribution in [3.8, 4) is 5.75 Å². The van der Waals surface area contributed by atoms with Gasteiger partial charge in [0.2, 0.25) is 5.91 Å². The zero-order chi connectivity index (χ0) is 15.6. The first kappa shape index (κ1) is 16.0. The minimum Gasteiger partial charge on any atom is -0.494 e. The first-order valence-electron chi connectivity index (χ1n) is 7.51. The molecule has 0 saturated heterocycles. The molecular formula is C18H22N2O2. The number of para-hydroxylation sites is 1. The number of carbonyl (C=O) groups excluding carboxylic acids is 1. The Morgan fingerprint density at radius 3 is 2.36 bits per heavy atom. The molecule has 1 atom stereocenters. The highest BCUT2D eigenvalue weighted by Gasteiger charge is 2.07. The van der Waals surface area contributed by atoms with E-state index in [0.29, 0.717) is 26.0 Å². The number of amides is 1. The highest BCUT2D eigenvalue weighted by Crippen LogP contribution is 2.09. The van der Waals surface area contributed by atoms with Crippen LogP contribution in [0.2, 0.25) is 0 Å². The highest BCUT2D eigenvalue weighted by molar-refractivity contribution is 5.75. The first-order chi connectivity index (χ1) is 10.8. The quantitative estimate of drug-likeness (QED) is 0.736. The summed E-state index contributed by atoms with van der Waals surface area (Å²) in [5.74, 6) is 0.831. The Bertz CT molecular complexity index is 558. The predicted octanol–water partition coefficient (Wildman–Crippen LogP) is 2.66. The summed E-state index contributed by atoms with van der Waals surface area (Å²) in [6.45, 7) is 0.977. The number of ether oxygens (including phenoxy) is 1. The Kier molecular flexibility index (Phi) is 6.45. The van der Waals surface area contributed by atoms with Gasteiger partial charge in [0, 0.05) is 19.0 Å². The van der Waals surface area contributed by atoms with Crippen molar-refractivity contribution in [1.29, 1.82) is 0 Å². The summed E-state index contributed by atoms with van der Waals surface area (Å²) in [6.07, 6.45) is 1.12. The van der Waals surface area contributed by atoms with E-state index < -0.39 is 0 Å². The fourth-order valence-corrected chi connectivity index (χ4v) is 2.07. The normalized spacial score (nSPS) is 11.7. The lowest BCUT2D eigenvalue weighted by atomic mass is 10.1. The first-order valence-corrected chi connectivity index (χ1v) is 7.51. The van der Waals surface area contributed by atoms with Crippen LogP contribution in [-0.2, 0) is 4.79 Å². The molecule has 0 saturated carbocycles. The minimum absolute atomic E-state index is 0.00282. The van der Waals surface area contributed by atoms with Crippen molar-refractivity contribution in [1.82, 2.24) is 5.32 Å². The maximum absolute atomic E-state index is 11.8. The molecule has 4 heteroatoms. The van der Waals surface area contributed by atoms with Crippen LogP contribution in [0.3, 0.4) is 0 Å². The molecule has 1 unspecified atom stereocenters. The lowest BCUT2D eigenvalue weighted by Crippen LogP contribution is -2.31. The molecule has 0 heterocycles. The molecule has 1 amide bonds. The predicted molar refractivity (Wildman–Crippen MR) is 87.6 cm³/mol. The topological polar surface area (TPSA) is 64.3 Å². The van der Waals surface area contributed by atoms with Crippen LogP contribution in [0, 0.1) is 0 Å². The van der Waals surface area contributed by atoms with Gasteiger partial charge in [-0.15, -0.1) is 0 Å². The van der Waals surface area contributed by atoms with Crippen molar-refractivity contribution >= 4 is 5.91 Å². The van der Waals surface area contributed by atoms with E-state index in [0.717, 1.165) is 11.3 Å². The van der Waals surface area contributed by atoms with Gasteiger partial charge in [-0.05, 0) is 24.1 Å². The SMILES string of the molecule is NC(CNC(=O)CCCOc1ccccc1)c1ccccc1. The molecular weight excluding hydrogens is 276 g/mol. The highest BCUT2D eigenvalue weighted by atomic mass is 16.5. The number of carbonyl (C=O) groups is 1. The molecule has 0 aliphatic carbocycles. The number of hydrogen-bond acceptors (Lipinski definition) is 3. The second-order valence-corrected chi connectivity index (χ2v) is 5.09. The molecule has 0 radical (unpaired) electrons. The number of rotatable bonds is 8. The number of nitrogens with two attached hydrogens (primary N) is 1. The molecule has 2 aromatic rings. The van der Waals surface area contributed by atoms with Crippen LogP contribution >= 0.6 is 0 Å². The summed E-state index contributed by atoms with van der Waals surface area (Å²) >= 11 is 0. The van der Waals surface area contributed by atoms with Gasteiger partial charge < -0.3 is 15.8 Å². The third kappa shape index (κ3) is 5.58. The number of nitrogens with one attached hydrogen (secondary N) is 1. The van der Waals surface area contributed by atoms with E-state index in [9.17, 15) is 4.79 Å². The number of hydrogen-bond donors (Lipinski definition) is 2. The van der Waals surface area contributed by atoms with Gasteiger partial charge >= 0.3 is 0 Å². The maximum Gasteiger partial charge on any atom is 0.220 e. The van der Waals surface area contributed by atoms with Gasteiger partial charge in [-0.2, -0.15) is 0 Å². The van der Waals surface area contributed by atoms with Crippen molar-refractivity contribution in [2.75, 3.05) is 13.2 Å². The van der Waals surface area contributed by atoms with Crippen LogP contribution in [0.4, 0.5) is 0 Å². The van der Waals surface area contributed by atoms with Gasteiger partial charge in [-0.3, -0.25) is 4.79 Å². The smallest absolute Gasteiger partial charge is 0.220 e. The molecule has 0 fully saturated rings. The Balaban J connectivity index is 1.60. The van der Waals surface area contributed by atoms with E-state index in [4.69, 9.17) is 10.5 Å². The van der Waals surface area contributed by atoms with Gasteiger partial charge in [0.25, 0.3) is 0 Å². The Morgan fingerprint density at radius 1 is 1.05 bits per heavy atom. The Hall–Kier alpha value is -2.33. The van der Waals surface area contributed by atoms with Gasteiger partial charge in [0.1, 0.15) is 5.75 Å². The Morgan fingerprint density at radius 2 is 1.68 bits per heavy atom. The summed E-state index contributed by atoms with van der Waals surface area (Å²) in [5, 5.41) is 2.86. The van der Waals surface area contributed by atoms with Crippen molar-refractivity contribution in [3.63, 3.8) is 0 Å². The fourth-order valence-electron chi connectivity index (χ4n) is 2.07. The van der Waals surface area contributed by atoms with E-state index in [1.807, 2.05) is 60.7 Å². The molecule has 3 N–H and O–H groups in total. The van der Waals surface area contributed by atoms with E-state index in [-0.39, 0.29) is 11.9 Å². The van der Waals surface area contributed by atoms with E-state index >= 15 is 0 Å². The molecule has 0 spiro atoms. The largest absolute Gasteiger partial charge is 0.494 e. The van der Waals surface area contributed by atoms with Gasteiger partial charge in [0.15, 0.2) is 0 Å². The second-order valence-electron chi connectivity index (χ2n) is 5.09. The van der Waals surface area contributed by atoms with Crippen molar-refractivity contribution in [2.45, 2.75) is 18.9 Å². The van der Waals surface area contributed by atoms with Crippen LogP contribution in [0.5, 0.6) is 5.75 Å². The molecule has 0 aliphatic heterocycles. The lowest BCUT2D eigenvalue weighted by molar-refractivity contribution is -0.121. The van der Waals surface area contributed by atoms with E-state index in [1.54, 1.807) is 0 Å². The standard InChI is InChI=1S/C18H22N2O2/c19-17(15-8-3-1-4-9-15)14-20-18(21)12-7-13-22-16-10-5-2-6-11-16/h1-6,8-11,17H,7,12-14,19H2,(H,20,21). The van der Waals surface area contributed by atoms with Crippen molar-refractivity contribution in [3.05, 3.63) is 66.2 Å². The third-order valence-electron chi connectivity index (χ3n) is 3.31. The summed E-state index contributed by atoms with van der Waals surface area (Å²) in [4.78, 5) is 11.8. The molecule has 0 bridgehead atoms. The maximum atomic E-state index is 11.8. The third-order valence-corrected chi connectivity index (χ3v) is 3.31. The Labute approximate surface area is 131 Å². The monoisotopic (exact) mass is 298 g/mol. The lowest BCUT2D eigenvalue weighted by Gasteiger charge is -2.13. The van der Waals surface area contributed by atoms with Gasteiger partial charge in [-0.1, -0.05) is 48.5 Å². The summed E-state index contributed by atoms with van der Waals surface area (Å²) in [5.41, 5.74) is 7.06. The number of benzene rings is 2. The van der Waals surface area contributed by atoms with Gasteiger partial charge in [-0.25, -0.2) is 0 Å². The second kappa shape index (κ2) is 8.85. The van der Waals surface area contributed by atoms with E-state index in [2.05, 4.69) is 5.32 Å². The molecule has 22 heavy (non-hydrogen) atoms. The summed E-state index contributed by atoms with van der Waals surface area (Å²) in [6, 6.07) is 19.2. The van der Waals surface area contributed by atoms with Crippen LogP contribution < -0.4 is 15.8 Å². The molecule has 0 aliphatic rings. The van der Waals surface area contributed by atoms with Gasteiger partial charge in [0.05, 0.1) is 6.61 Å². The minimum atomic E-state index is -0.175. The summed E-state index contributed by atoms with van der Waals surface area (Å²) < 4.78 is 5.55. The molecule has 2 aromatic carbocycles. The van der Waals surface area contributed by atoms with Crippen LogP contribution in [-0.4, -0.2) is 19.1 Å². The summed E-state index contributed by atoms with van der Waals surface area (Å²) in [7, 11) is 0. The zero-order valence-electron chi connectivity index (χ0n) is 12.6. The van der Waals surface area contributed by atoms with Crippen LogP contribution in [0.15, 0.2) is 60.7 Å².